The second kappa shape index (κ2) is 8.50. The van der Waals surface area contributed by atoms with Gasteiger partial charge in [-0.05, 0) is 40.7 Å². The Hall–Kier alpha value is -2.84. The van der Waals surface area contributed by atoms with Crippen molar-refractivity contribution in [3.8, 4) is 17.2 Å². The molecule has 0 unspecified atom stereocenters. The van der Waals surface area contributed by atoms with Crippen LogP contribution in [-0.2, 0) is 6.42 Å². The summed E-state index contributed by atoms with van der Waals surface area (Å²) in [7, 11) is 0. The highest BCUT2D eigenvalue weighted by atomic mass is 14.7. The summed E-state index contributed by atoms with van der Waals surface area (Å²) in [5.74, 6) is 0. The predicted octanol–water partition coefficient (Wildman–Crippen LogP) is 6.77. The van der Waals surface area contributed by atoms with E-state index in [-0.39, 0.29) is 5.70 Å². The summed E-state index contributed by atoms with van der Waals surface area (Å²) in [4.78, 5) is 3.49. The molecule has 0 fully saturated rings. The first kappa shape index (κ1) is 18.0. The van der Waals surface area contributed by atoms with Crippen molar-refractivity contribution in [3.05, 3.63) is 76.3 Å². The van der Waals surface area contributed by atoms with E-state index in [2.05, 4.69) is 42.1 Å². The Morgan fingerprint density at radius 3 is 2.35 bits per heavy atom. The van der Waals surface area contributed by atoms with Gasteiger partial charge >= 0.3 is 0 Å². The quantitative estimate of drug-likeness (QED) is 0.265. The molecule has 0 radical (unpaired) electrons. The molecule has 26 heavy (non-hydrogen) atoms. The highest BCUT2D eigenvalue weighted by molar-refractivity contribution is 6.04. The van der Waals surface area contributed by atoms with Crippen LogP contribution in [0.3, 0.4) is 0 Å². The summed E-state index contributed by atoms with van der Waals surface area (Å²) in [6.45, 7) is 9.64. The van der Waals surface area contributed by atoms with Crippen LogP contribution in [0.15, 0.2) is 48.2 Å². The molecular formula is C24H24N2. The number of rotatable bonds is 7. The lowest BCUT2D eigenvalue weighted by Crippen LogP contribution is -1.92. The number of unbranched alkanes of at least 4 members (excludes halogenated alkanes) is 5. The zero-order chi connectivity index (χ0) is 18.4. The van der Waals surface area contributed by atoms with Crippen LogP contribution in [0.25, 0.3) is 21.5 Å². The number of hydrogen-bond acceptors (Lipinski definition) is 1. The van der Waals surface area contributed by atoms with Gasteiger partial charge < -0.3 is 0 Å². The van der Waals surface area contributed by atoms with Gasteiger partial charge in [0, 0.05) is 5.57 Å². The molecule has 0 amide bonds. The molecule has 0 atom stereocenters. The fraction of sp³-hybridized carbons (Fsp3) is 0.333. The maximum Gasteiger partial charge on any atom is 0.270 e. The Bertz CT molecular complexity index is 891. The smallest absolute Gasteiger partial charge is 0.226 e. The Morgan fingerprint density at radius 1 is 0.923 bits per heavy atom. The minimum Gasteiger partial charge on any atom is -0.226 e. The second-order valence-electron chi connectivity index (χ2n) is 6.85. The minimum absolute atomic E-state index is 0.188. The maximum absolute atomic E-state index is 9.43. The Kier molecular flexibility index (Phi) is 5.88. The zero-order valence-corrected chi connectivity index (χ0v) is 15.4. The van der Waals surface area contributed by atoms with Crippen molar-refractivity contribution in [1.29, 1.82) is 5.26 Å². The topological polar surface area (TPSA) is 28.1 Å². The molecule has 2 aromatic rings. The number of hydrogen-bond donors (Lipinski definition) is 0. The van der Waals surface area contributed by atoms with Gasteiger partial charge in [-0.15, -0.1) is 0 Å². The van der Waals surface area contributed by atoms with Gasteiger partial charge in [0.2, 0.25) is 0 Å². The zero-order valence-electron chi connectivity index (χ0n) is 15.4. The largest absolute Gasteiger partial charge is 0.270 e. The van der Waals surface area contributed by atoms with Crippen LogP contribution in [0.5, 0.6) is 0 Å². The average molecular weight is 340 g/mol. The third kappa shape index (κ3) is 3.42. The third-order valence-electron chi connectivity index (χ3n) is 5.14. The Balaban J connectivity index is 1.94. The van der Waals surface area contributed by atoms with Crippen LogP contribution < -0.4 is 0 Å². The molecule has 2 aromatic carbocycles. The van der Waals surface area contributed by atoms with E-state index in [4.69, 9.17) is 6.57 Å². The van der Waals surface area contributed by atoms with Crippen LogP contribution in [0.4, 0.5) is 0 Å². The standard InChI is InChI=1S/C24H24N2/c1-3-4-5-6-7-8-12-18-13-11-16-21-23(18)19-14-9-10-15-20(19)24(21)22(17-25)26-2/h9-11,13-16H,3-8,12H2,1H3/b24-22+. The molecule has 2 nitrogen and oxygen atoms in total. The lowest BCUT2D eigenvalue weighted by molar-refractivity contribution is 0.608. The molecule has 1 aliphatic carbocycles. The van der Waals surface area contributed by atoms with Crippen LogP contribution in [0, 0.1) is 17.9 Å². The minimum atomic E-state index is 0.188. The number of benzene rings is 2. The summed E-state index contributed by atoms with van der Waals surface area (Å²) in [5.41, 5.74) is 6.78. The van der Waals surface area contributed by atoms with Crippen molar-refractivity contribution < 1.29 is 0 Å². The fourth-order valence-corrected chi connectivity index (χ4v) is 3.89. The molecule has 0 heterocycles. The van der Waals surface area contributed by atoms with Gasteiger partial charge in [-0.3, -0.25) is 0 Å². The SMILES string of the molecule is [C-]#[N+]/C(C#N)=C1\c2ccccc2-c2c(CCCCCCCC)cccc21. The molecule has 1 aliphatic rings. The first-order valence-electron chi connectivity index (χ1n) is 9.55. The van der Waals surface area contributed by atoms with Crippen LogP contribution in [0.1, 0.15) is 62.1 Å². The van der Waals surface area contributed by atoms with Crippen molar-refractivity contribution in [3.63, 3.8) is 0 Å². The van der Waals surface area contributed by atoms with Crippen molar-refractivity contribution >= 4 is 5.57 Å². The van der Waals surface area contributed by atoms with Crippen molar-refractivity contribution in [1.82, 2.24) is 0 Å². The molecule has 0 aromatic heterocycles. The van der Waals surface area contributed by atoms with E-state index >= 15 is 0 Å². The summed E-state index contributed by atoms with van der Waals surface area (Å²) in [6.07, 6.45) is 8.75. The van der Waals surface area contributed by atoms with Crippen molar-refractivity contribution in [2.24, 2.45) is 0 Å². The van der Waals surface area contributed by atoms with Crippen molar-refractivity contribution in [2.45, 2.75) is 51.9 Å². The molecule has 3 rings (SSSR count). The normalized spacial score (nSPS) is 13.5. The Morgan fingerprint density at radius 2 is 1.62 bits per heavy atom. The number of aryl methyl sites for hydroxylation is 1. The van der Waals surface area contributed by atoms with Gasteiger partial charge in [-0.2, -0.15) is 0 Å². The lowest BCUT2D eigenvalue weighted by atomic mass is 9.95. The predicted molar refractivity (Wildman–Crippen MR) is 107 cm³/mol. The highest BCUT2D eigenvalue weighted by Crippen LogP contribution is 2.47. The molecule has 0 bridgehead atoms. The third-order valence-corrected chi connectivity index (χ3v) is 5.14. The lowest BCUT2D eigenvalue weighted by Gasteiger charge is -2.10. The van der Waals surface area contributed by atoms with E-state index in [0.29, 0.717) is 0 Å². The molecule has 0 saturated heterocycles. The molecule has 2 heteroatoms. The summed E-state index contributed by atoms with van der Waals surface area (Å²) >= 11 is 0. The second-order valence-corrected chi connectivity index (χ2v) is 6.85. The van der Waals surface area contributed by atoms with E-state index in [9.17, 15) is 5.26 Å². The number of fused-ring (bicyclic) bond motifs is 3. The summed E-state index contributed by atoms with van der Waals surface area (Å²) in [6, 6.07) is 16.6. The van der Waals surface area contributed by atoms with E-state index in [1.165, 1.54) is 49.7 Å². The van der Waals surface area contributed by atoms with Crippen LogP contribution in [-0.4, -0.2) is 0 Å². The first-order chi connectivity index (χ1) is 12.8. The summed E-state index contributed by atoms with van der Waals surface area (Å²) in [5, 5.41) is 9.43. The fourth-order valence-electron chi connectivity index (χ4n) is 3.89. The molecule has 0 spiro atoms. The van der Waals surface area contributed by atoms with E-state index < -0.39 is 0 Å². The molecule has 0 aliphatic heterocycles. The molecular weight excluding hydrogens is 316 g/mol. The van der Waals surface area contributed by atoms with Gasteiger partial charge in [0.05, 0.1) is 12.6 Å². The van der Waals surface area contributed by atoms with Gasteiger partial charge in [0.1, 0.15) is 0 Å². The number of nitriles is 1. The molecule has 130 valence electrons. The van der Waals surface area contributed by atoms with Gasteiger partial charge in [-0.1, -0.05) is 81.5 Å². The maximum atomic E-state index is 9.43. The van der Waals surface area contributed by atoms with Crippen LogP contribution in [0.2, 0.25) is 0 Å². The number of nitrogens with zero attached hydrogens (tertiary/aromatic N) is 2. The van der Waals surface area contributed by atoms with E-state index in [0.717, 1.165) is 28.7 Å². The molecule has 0 N–H and O–H groups in total. The van der Waals surface area contributed by atoms with Gasteiger partial charge in [0.25, 0.3) is 5.70 Å². The average Bonchev–Trinajstić information content (AvgIpc) is 3.01. The van der Waals surface area contributed by atoms with Crippen molar-refractivity contribution in [2.75, 3.05) is 0 Å². The highest BCUT2D eigenvalue weighted by Gasteiger charge is 2.27. The van der Waals surface area contributed by atoms with Gasteiger partial charge in [-0.25, -0.2) is 10.1 Å². The van der Waals surface area contributed by atoms with E-state index in [1.54, 1.807) is 0 Å². The van der Waals surface area contributed by atoms with Gasteiger partial charge in [0.15, 0.2) is 0 Å². The number of allylic oxidation sites excluding steroid dienone is 1. The Labute approximate surface area is 156 Å². The summed E-state index contributed by atoms with van der Waals surface area (Å²) < 4.78 is 0. The van der Waals surface area contributed by atoms with Crippen LogP contribution >= 0.6 is 0 Å². The monoisotopic (exact) mass is 340 g/mol. The first-order valence-corrected chi connectivity index (χ1v) is 9.55. The van der Waals surface area contributed by atoms with E-state index in [1.807, 2.05) is 18.2 Å². The molecule has 0 saturated carbocycles.